The van der Waals surface area contributed by atoms with Crippen LogP contribution in [0.4, 0.5) is 6.01 Å². The molecule has 1 aromatic heterocycles. The molecule has 8 nitrogen and oxygen atoms in total. The average molecular weight is 289 g/mol. The Balaban J connectivity index is 2.19. The summed E-state index contributed by atoms with van der Waals surface area (Å²) in [4.78, 5) is 14.9. The number of aromatic nitrogens is 1. The minimum Gasteiger partial charge on any atom is -0.480 e. The van der Waals surface area contributed by atoms with E-state index in [1.165, 1.54) is 6.26 Å². The molecule has 1 aliphatic rings. The summed E-state index contributed by atoms with van der Waals surface area (Å²) in [6.45, 7) is 1.83. The first-order valence-electron chi connectivity index (χ1n) is 5.84. The molecule has 1 unspecified atom stereocenters. The number of nitrogens with zero attached hydrogens (tertiary/aromatic N) is 2. The van der Waals surface area contributed by atoms with Crippen LogP contribution in [-0.4, -0.2) is 41.4 Å². The number of carboxylic acids is 1. The van der Waals surface area contributed by atoms with Gasteiger partial charge in [0.1, 0.15) is 12.3 Å². The van der Waals surface area contributed by atoms with E-state index in [0.29, 0.717) is 25.0 Å². The fraction of sp³-hybridized carbons (Fsp3) is 0.600. The Morgan fingerprint density at radius 1 is 1.58 bits per heavy atom. The first-order chi connectivity index (χ1) is 8.90. The second-order valence-electron chi connectivity index (χ2n) is 4.36. The Kier molecular flexibility index (Phi) is 3.76. The maximum atomic E-state index is 12.1. The van der Waals surface area contributed by atoms with Crippen LogP contribution in [0.1, 0.15) is 25.0 Å². The van der Waals surface area contributed by atoms with Crippen LogP contribution in [0.5, 0.6) is 0 Å². The van der Waals surface area contributed by atoms with Crippen LogP contribution >= 0.6 is 0 Å². The van der Waals surface area contributed by atoms with Crippen molar-refractivity contribution in [3.8, 4) is 0 Å². The van der Waals surface area contributed by atoms with Gasteiger partial charge in [-0.3, -0.25) is 4.79 Å². The lowest BCUT2D eigenvalue weighted by molar-refractivity contribution is -0.142. The summed E-state index contributed by atoms with van der Waals surface area (Å²) in [6, 6.07) is -1.20. The quantitative estimate of drug-likeness (QED) is 0.838. The van der Waals surface area contributed by atoms with Gasteiger partial charge in [-0.05, 0) is 26.2 Å². The Labute approximate surface area is 110 Å². The van der Waals surface area contributed by atoms with Gasteiger partial charge in [0.05, 0.1) is 5.69 Å². The number of hydrogen-bond acceptors (Lipinski definition) is 5. The van der Waals surface area contributed by atoms with Gasteiger partial charge >= 0.3 is 22.2 Å². The molecule has 0 aliphatic carbocycles. The second kappa shape index (κ2) is 5.17. The summed E-state index contributed by atoms with van der Waals surface area (Å²) >= 11 is 0. The summed E-state index contributed by atoms with van der Waals surface area (Å²) in [7, 11) is -3.97. The van der Waals surface area contributed by atoms with Crippen LogP contribution < -0.4 is 4.72 Å². The zero-order chi connectivity index (χ0) is 14.0. The van der Waals surface area contributed by atoms with E-state index in [4.69, 9.17) is 9.52 Å². The molecular weight excluding hydrogens is 274 g/mol. The summed E-state index contributed by atoms with van der Waals surface area (Å²) in [5, 5.41) is 9.07. The van der Waals surface area contributed by atoms with Crippen molar-refractivity contribution in [2.75, 3.05) is 11.3 Å². The van der Waals surface area contributed by atoms with Crippen molar-refractivity contribution in [1.82, 2.24) is 9.29 Å². The van der Waals surface area contributed by atoms with Gasteiger partial charge in [0.15, 0.2) is 0 Å². The molecule has 0 aromatic carbocycles. The highest BCUT2D eigenvalue weighted by Crippen LogP contribution is 2.22. The highest BCUT2D eigenvalue weighted by molar-refractivity contribution is 7.90. The standard InChI is InChI=1S/C10H15N3O5S/c1-7-6-18-10(11-7)12-19(16,17)13-5-3-2-4-8(13)9(14)15/h6,8H,2-5H2,1H3,(H,11,12)(H,14,15). The Bertz CT molecular complexity index is 567. The third-order valence-electron chi connectivity index (χ3n) is 2.88. The fourth-order valence-electron chi connectivity index (χ4n) is 2.01. The lowest BCUT2D eigenvalue weighted by atomic mass is 10.1. The molecule has 2 heterocycles. The van der Waals surface area contributed by atoms with Crippen molar-refractivity contribution in [3.05, 3.63) is 12.0 Å². The van der Waals surface area contributed by atoms with Crippen LogP contribution in [-0.2, 0) is 15.0 Å². The maximum absolute atomic E-state index is 12.1. The average Bonchev–Trinajstić information content (AvgIpc) is 2.74. The van der Waals surface area contributed by atoms with Gasteiger partial charge in [-0.25, -0.2) is 4.72 Å². The first-order valence-corrected chi connectivity index (χ1v) is 7.28. The molecule has 1 atom stereocenters. The van der Waals surface area contributed by atoms with E-state index < -0.39 is 22.2 Å². The van der Waals surface area contributed by atoms with Crippen LogP contribution in [0, 0.1) is 6.92 Å². The molecular formula is C10H15N3O5S. The van der Waals surface area contributed by atoms with Gasteiger partial charge < -0.3 is 9.52 Å². The fourth-order valence-corrected chi connectivity index (χ4v) is 3.34. The maximum Gasteiger partial charge on any atom is 0.322 e. The van der Waals surface area contributed by atoms with Crippen molar-refractivity contribution in [2.24, 2.45) is 0 Å². The molecule has 1 aromatic rings. The Morgan fingerprint density at radius 2 is 2.32 bits per heavy atom. The molecule has 2 N–H and O–H groups in total. The normalized spacial score (nSPS) is 21.2. The Hall–Kier alpha value is -1.61. The predicted octanol–water partition coefficient (Wildman–Crippen LogP) is 0.579. The molecule has 1 fully saturated rings. The van der Waals surface area contributed by atoms with Crippen molar-refractivity contribution >= 4 is 22.2 Å². The van der Waals surface area contributed by atoms with Crippen LogP contribution in [0.15, 0.2) is 10.7 Å². The van der Waals surface area contributed by atoms with E-state index in [0.717, 1.165) is 4.31 Å². The number of piperidine rings is 1. The number of anilines is 1. The van der Waals surface area contributed by atoms with Crippen molar-refractivity contribution in [3.63, 3.8) is 0 Å². The summed E-state index contributed by atoms with van der Waals surface area (Å²) in [6.07, 6.45) is 2.94. The van der Waals surface area contributed by atoms with Crippen molar-refractivity contribution in [2.45, 2.75) is 32.2 Å². The zero-order valence-corrected chi connectivity index (χ0v) is 11.2. The van der Waals surface area contributed by atoms with Crippen LogP contribution in [0.25, 0.3) is 0 Å². The lowest BCUT2D eigenvalue weighted by Gasteiger charge is -2.31. The number of carboxylic acid groups (broad SMARTS) is 1. The summed E-state index contributed by atoms with van der Waals surface area (Å²) < 4.78 is 32.3. The molecule has 0 spiro atoms. The van der Waals surface area contributed by atoms with Crippen LogP contribution in [0.2, 0.25) is 0 Å². The number of nitrogens with one attached hydrogen (secondary N) is 1. The molecule has 2 rings (SSSR count). The van der Waals surface area contributed by atoms with Crippen molar-refractivity contribution < 1.29 is 22.7 Å². The summed E-state index contributed by atoms with van der Waals surface area (Å²) in [5.74, 6) is -1.14. The van der Waals surface area contributed by atoms with Crippen LogP contribution in [0.3, 0.4) is 0 Å². The predicted molar refractivity (Wildman–Crippen MR) is 65.8 cm³/mol. The first kappa shape index (κ1) is 13.8. The van der Waals surface area contributed by atoms with E-state index in [9.17, 15) is 13.2 Å². The second-order valence-corrected chi connectivity index (χ2v) is 5.98. The summed E-state index contributed by atoms with van der Waals surface area (Å²) in [5.41, 5.74) is 0.533. The molecule has 1 saturated heterocycles. The number of rotatable bonds is 4. The third-order valence-corrected chi connectivity index (χ3v) is 4.37. The molecule has 0 radical (unpaired) electrons. The molecule has 0 bridgehead atoms. The number of carbonyl (C=O) groups is 1. The lowest BCUT2D eigenvalue weighted by Crippen LogP contribution is -2.49. The highest BCUT2D eigenvalue weighted by Gasteiger charge is 2.37. The van der Waals surface area contributed by atoms with E-state index in [2.05, 4.69) is 9.71 Å². The third kappa shape index (κ3) is 3.04. The molecule has 9 heteroatoms. The van der Waals surface area contributed by atoms with E-state index in [1.807, 2.05) is 0 Å². The van der Waals surface area contributed by atoms with E-state index in [-0.39, 0.29) is 12.6 Å². The highest BCUT2D eigenvalue weighted by atomic mass is 32.2. The smallest absolute Gasteiger partial charge is 0.322 e. The molecule has 106 valence electrons. The largest absolute Gasteiger partial charge is 0.480 e. The van der Waals surface area contributed by atoms with E-state index in [1.54, 1.807) is 6.92 Å². The number of hydrogen-bond donors (Lipinski definition) is 2. The Morgan fingerprint density at radius 3 is 2.89 bits per heavy atom. The van der Waals surface area contributed by atoms with Gasteiger partial charge in [-0.1, -0.05) is 0 Å². The van der Waals surface area contributed by atoms with E-state index >= 15 is 0 Å². The van der Waals surface area contributed by atoms with Gasteiger partial charge in [0.25, 0.3) is 0 Å². The molecule has 1 aliphatic heterocycles. The topological polar surface area (TPSA) is 113 Å². The minimum absolute atomic E-state index is 0.160. The van der Waals surface area contributed by atoms with Gasteiger partial charge in [0.2, 0.25) is 0 Å². The monoisotopic (exact) mass is 289 g/mol. The van der Waals surface area contributed by atoms with Gasteiger partial charge in [-0.15, -0.1) is 0 Å². The molecule has 0 amide bonds. The SMILES string of the molecule is Cc1coc(NS(=O)(=O)N2CCCCC2C(=O)O)n1. The van der Waals surface area contributed by atoms with Gasteiger partial charge in [-0.2, -0.15) is 17.7 Å². The van der Waals surface area contributed by atoms with Gasteiger partial charge in [0, 0.05) is 6.54 Å². The number of aryl methyl sites for hydroxylation is 1. The number of oxazole rings is 1. The molecule has 0 saturated carbocycles. The van der Waals surface area contributed by atoms with Crippen molar-refractivity contribution in [1.29, 1.82) is 0 Å². The minimum atomic E-state index is -3.97. The zero-order valence-electron chi connectivity index (χ0n) is 10.4. The number of aliphatic carboxylic acids is 1. The molecule has 19 heavy (non-hydrogen) atoms.